The van der Waals surface area contributed by atoms with E-state index < -0.39 is 0 Å². The molecule has 3 heterocycles. The molecule has 94 valence electrons. The van der Waals surface area contributed by atoms with Gasteiger partial charge in [-0.2, -0.15) is 0 Å². The summed E-state index contributed by atoms with van der Waals surface area (Å²) < 4.78 is 13.1. The zero-order chi connectivity index (χ0) is 11.9. The molecule has 0 radical (unpaired) electrons. The maximum absolute atomic E-state index is 13.1. The lowest BCUT2D eigenvalue weighted by atomic mass is 9.74. The number of hydrogen-bond acceptors (Lipinski definition) is 2. The fraction of sp³-hybridized carbons (Fsp3) is 0.692. The predicted molar refractivity (Wildman–Crippen MR) is 67.9 cm³/mol. The lowest BCUT2D eigenvalue weighted by molar-refractivity contribution is -0.0281. The molecule has 4 aliphatic rings. The van der Waals surface area contributed by atoms with E-state index in [0.717, 1.165) is 26.1 Å². The average molecular weight is 257 g/mol. The van der Waals surface area contributed by atoms with Crippen LogP contribution < -0.4 is 0 Å². The molecule has 2 nitrogen and oxygen atoms in total. The quantitative estimate of drug-likeness (QED) is 0.698. The normalized spacial score (nSPS) is 44.8. The van der Waals surface area contributed by atoms with Crippen molar-refractivity contribution in [3.63, 3.8) is 0 Å². The predicted octanol–water partition coefficient (Wildman–Crippen LogP) is 2.02. The molecular formula is C13H18ClFN2. The molecular weight excluding hydrogens is 239 g/mol. The van der Waals surface area contributed by atoms with Crippen LogP contribution in [0.1, 0.15) is 6.42 Å². The summed E-state index contributed by atoms with van der Waals surface area (Å²) in [6.07, 6.45) is 6.00. The van der Waals surface area contributed by atoms with Crippen LogP contribution in [-0.4, -0.2) is 54.4 Å². The molecule has 3 aliphatic heterocycles. The Morgan fingerprint density at radius 3 is 2.59 bits per heavy atom. The van der Waals surface area contributed by atoms with Gasteiger partial charge in [-0.1, -0.05) is 6.08 Å². The first-order chi connectivity index (χ1) is 8.23. The van der Waals surface area contributed by atoms with Gasteiger partial charge in [-0.25, -0.2) is 4.39 Å². The number of piperazine rings is 3. The van der Waals surface area contributed by atoms with Gasteiger partial charge in [0.15, 0.2) is 0 Å². The lowest BCUT2D eigenvalue weighted by Crippen LogP contribution is -2.66. The van der Waals surface area contributed by atoms with Gasteiger partial charge in [0, 0.05) is 50.1 Å². The first-order valence-corrected chi connectivity index (χ1v) is 6.84. The SMILES string of the molecule is FC1=CCC(CCl)(C2CN3CCN2CC3)C=C1. The highest BCUT2D eigenvalue weighted by Crippen LogP contribution is 2.40. The molecule has 0 aromatic carbocycles. The third kappa shape index (κ3) is 1.94. The first-order valence-electron chi connectivity index (χ1n) is 6.31. The van der Waals surface area contributed by atoms with Gasteiger partial charge < -0.3 is 0 Å². The smallest absolute Gasteiger partial charge is 0.118 e. The van der Waals surface area contributed by atoms with E-state index in [0.29, 0.717) is 11.9 Å². The molecule has 3 saturated heterocycles. The van der Waals surface area contributed by atoms with E-state index in [4.69, 9.17) is 11.6 Å². The molecule has 2 bridgehead atoms. The number of allylic oxidation sites excluding steroid dienone is 3. The standard InChI is InChI=1S/C13H18ClFN2/c14-10-13(3-1-11(15)2-4-13)12-9-16-5-7-17(12)8-6-16/h1-3,12H,4-10H2. The molecule has 0 aromatic heterocycles. The summed E-state index contributed by atoms with van der Waals surface area (Å²) in [7, 11) is 0. The second kappa shape index (κ2) is 4.38. The number of hydrogen-bond donors (Lipinski definition) is 0. The minimum Gasteiger partial charge on any atom is -0.299 e. The van der Waals surface area contributed by atoms with Crippen LogP contribution in [0.2, 0.25) is 0 Å². The second-order valence-corrected chi connectivity index (χ2v) is 5.61. The second-order valence-electron chi connectivity index (χ2n) is 5.35. The average Bonchev–Trinajstić information content (AvgIpc) is 2.41. The van der Waals surface area contributed by atoms with Gasteiger partial charge in [0.25, 0.3) is 0 Å². The first kappa shape index (κ1) is 11.7. The highest BCUT2D eigenvalue weighted by atomic mass is 35.5. The third-order valence-corrected chi connectivity index (χ3v) is 4.94. The minimum atomic E-state index is -0.123. The summed E-state index contributed by atoms with van der Waals surface area (Å²) in [5, 5.41) is 0. The summed E-state index contributed by atoms with van der Waals surface area (Å²) in [5.74, 6) is 0.449. The Balaban J connectivity index is 1.84. The molecule has 0 amide bonds. The van der Waals surface area contributed by atoms with Gasteiger partial charge in [-0.3, -0.25) is 9.80 Å². The Morgan fingerprint density at radius 1 is 1.35 bits per heavy atom. The Labute approximate surface area is 107 Å². The molecule has 3 fully saturated rings. The van der Waals surface area contributed by atoms with Crippen molar-refractivity contribution in [2.75, 3.05) is 38.6 Å². The maximum atomic E-state index is 13.1. The van der Waals surface area contributed by atoms with Gasteiger partial charge in [-0.15, -0.1) is 11.6 Å². The number of alkyl halides is 1. The molecule has 2 unspecified atom stereocenters. The number of rotatable bonds is 2. The van der Waals surface area contributed by atoms with Crippen molar-refractivity contribution in [3.8, 4) is 0 Å². The van der Waals surface area contributed by atoms with Crippen molar-refractivity contribution < 1.29 is 4.39 Å². The van der Waals surface area contributed by atoms with Crippen LogP contribution in [0.5, 0.6) is 0 Å². The molecule has 17 heavy (non-hydrogen) atoms. The van der Waals surface area contributed by atoms with Crippen molar-refractivity contribution in [2.24, 2.45) is 5.41 Å². The molecule has 4 heteroatoms. The molecule has 0 saturated carbocycles. The summed E-state index contributed by atoms with van der Waals surface area (Å²) in [6.45, 7) is 5.67. The summed E-state index contributed by atoms with van der Waals surface area (Å²) in [6, 6.07) is 0.447. The number of fused-ring (bicyclic) bond motifs is 3. The number of nitrogens with zero attached hydrogens (tertiary/aromatic N) is 2. The highest BCUT2D eigenvalue weighted by Gasteiger charge is 2.44. The Bertz CT molecular complexity index is 360. The molecule has 2 atom stereocenters. The van der Waals surface area contributed by atoms with Crippen molar-refractivity contribution in [3.05, 3.63) is 24.1 Å². The van der Waals surface area contributed by atoms with E-state index in [1.807, 2.05) is 6.08 Å². The number of halogens is 2. The van der Waals surface area contributed by atoms with Crippen molar-refractivity contribution in [1.82, 2.24) is 9.80 Å². The molecule has 0 aromatic rings. The van der Waals surface area contributed by atoms with E-state index in [1.54, 1.807) is 12.2 Å². The van der Waals surface area contributed by atoms with E-state index in [1.165, 1.54) is 13.1 Å². The molecule has 1 aliphatic carbocycles. The zero-order valence-electron chi connectivity index (χ0n) is 9.91. The molecule has 0 N–H and O–H groups in total. The monoisotopic (exact) mass is 256 g/mol. The van der Waals surface area contributed by atoms with Crippen LogP contribution in [0.3, 0.4) is 0 Å². The van der Waals surface area contributed by atoms with Crippen LogP contribution in [0.15, 0.2) is 24.1 Å². The van der Waals surface area contributed by atoms with Gasteiger partial charge in [0.1, 0.15) is 5.83 Å². The fourth-order valence-electron chi connectivity index (χ4n) is 3.27. The van der Waals surface area contributed by atoms with Crippen molar-refractivity contribution >= 4 is 11.6 Å². The molecule has 4 rings (SSSR count). The minimum absolute atomic E-state index is 0.0732. The van der Waals surface area contributed by atoms with Crippen molar-refractivity contribution in [2.45, 2.75) is 12.5 Å². The maximum Gasteiger partial charge on any atom is 0.118 e. The van der Waals surface area contributed by atoms with Crippen molar-refractivity contribution in [1.29, 1.82) is 0 Å². The Hall–Kier alpha value is -0.380. The van der Waals surface area contributed by atoms with Crippen LogP contribution in [0.4, 0.5) is 4.39 Å². The van der Waals surface area contributed by atoms with Crippen LogP contribution in [0, 0.1) is 5.41 Å². The van der Waals surface area contributed by atoms with E-state index in [2.05, 4.69) is 9.80 Å². The third-order valence-electron chi connectivity index (χ3n) is 4.44. The summed E-state index contributed by atoms with van der Waals surface area (Å²) >= 11 is 6.21. The van der Waals surface area contributed by atoms with Gasteiger partial charge in [0.2, 0.25) is 0 Å². The summed E-state index contributed by atoms with van der Waals surface area (Å²) in [5.41, 5.74) is -0.0732. The zero-order valence-corrected chi connectivity index (χ0v) is 10.7. The summed E-state index contributed by atoms with van der Waals surface area (Å²) in [4.78, 5) is 5.03. The fourth-order valence-corrected chi connectivity index (χ4v) is 3.64. The van der Waals surface area contributed by atoms with Gasteiger partial charge in [0.05, 0.1) is 0 Å². The van der Waals surface area contributed by atoms with Crippen LogP contribution >= 0.6 is 11.6 Å². The lowest BCUT2D eigenvalue weighted by Gasteiger charge is -2.54. The Kier molecular flexibility index (Phi) is 3.01. The molecule has 0 spiro atoms. The topological polar surface area (TPSA) is 6.48 Å². The Morgan fingerprint density at radius 2 is 2.12 bits per heavy atom. The van der Waals surface area contributed by atoms with E-state index in [9.17, 15) is 4.39 Å². The van der Waals surface area contributed by atoms with Gasteiger partial charge in [-0.05, 0) is 18.6 Å². The highest BCUT2D eigenvalue weighted by molar-refractivity contribution is 6.18. The van der Waals surface area contributed by atoms with E-state index in [-0.39, 0.29) is 11.2 Å². The van der Waals surface area contributed by atoms with E-state index >= 15 is 0 Å². The van der Waals surface area contributed by atoms with Crippen LogP contribution in [0.25, 0.3) is 0 Å². The van der Waals surface area contributed by atoms with Gasteiger partial charge >= 0.3 is 0 Å². The van der Waals surface area contributed by atoms with Crippen LogP contribution in [-0.2, 0) is 0 Å². The largest absolute Gasteiger partial charge is 0.299 e.